The van der Waals surface area contributed by atoms with E-state index in [-0.39, 0.29) is 18.3 Å². The summed E-state index contributed by atoms with van der Waals surface area (Å²) in [7, 11) is 0. The molecule has 0 saturated carbocycles. The molecular weight excluding hydrogens is 478 g/mol. The maximum Gasteiger partial charge on any atom is 0.449 e. The molecule has 0 aliphatic carbocycles. The minimum atomic E-state index is -4.93. The summed E-state index contributed by atoms with van der Waals surface area (Å²) < 4.78 is 80.8. The van der Waals surface area contributed by atoms with Crippen molar-refractivity contribution in [3.05, 3.63) is 52.4 Å². The summed E-state index contributed by atoms with van der Waals surface area (Å²) in [5, 5.41) is 20.2. The van der Waals surface area contributed by atoms with E-state index in [2.05, 4.69) is 4.98 Å². The zero-order valence-electron chi connectivity index (χ0n) is 17.0. The van der Waals surface area contributed by atoms with E-state index in [4.69, 9.17) is 5.11 Å². The number of carbonyl (C=O) groups is 3. The number of rotatable bonds is 6. The van der Waals surface area contributed by atoms with E-state index < -0.39 is 90.7 Å². The van der Waals surface area contributed by atoms with E-state index in [9.17, 15) is 45.8 Å². The highest BCUT2D eigenvalue weighted by Crippen LogP contribution is 2.32. The van der Waals surface area contributed by atoms with Crippen molar-refractivity contribution in [3.8, 4) is 0 Å². The number of halogens is 6. The molecular formula is C19H16F6N4O5. The van der Waals surface area contributed by atoms with Gasteiger partial charge in [-0.1, -0.05) is 0 Å². The van der Waals surface area contributed by atoms with Crippen LogP contribution in [0.5, 0.6) is 0 Å². The Bertz CT molecular complexity index is 1150. The van der Waals surface area contributed by atoms with Gasteiger partial charge in [0.25, 0.3) is 0 Å². The van der Waals surface area contributed by atoms with Crippen molar-refractivity contribution in [2.45, 2.75) is 38.1 Å². The standard InChI is InChI=1S/C19H16F6N4O5/c20-10-6-12(22)11(21)4-8(10)3-9(26-18(33)34)5-14(30)28-1-2-29-13(7-28)15(16(31)32)27-17(29)19(23,24)25/h4,6,9,26H,1-3,5,7H2,(H,31,32)(H,33,34). The Kier molecular flexibility index (Phi) is 6.74. The number of carbonyl (C=O) groups excluding carboxylic acids is 1. The topological polar surface area (TPSA) is 125 Å². The van der Waals surface area contributed by atoms with Gasteiger partial charge in [0, 0.05) is 31.6 Å². The number of amides is 2. The molecule has 2 heterocycles. The van der Waals surface area contributed by atoms with Gasteiger partial charge in [-0.25, -0.2) is 27.7 Å². The fraction of sp³-hybridized carbons (Fsp3) is 0.368. The summed E-state index contributed by atoms with van der Waals surface area (Å²) in [4.78, 5) is 39.3. The molecule has 1 aliphatic rings. The molecule has 1 aromatic carbocycles. The van der Waals surface area contributed by atoms with Gasteiger partial charge in [0.05, 0.1) is 12.2 Å². The number of hydrogen-bond acceptors (Lipinski definition) is 4. The van der Waals surface area contributed by atoms with Crippen LogP contribution in [0.3, 0.4) is 0 Å². The van der Waals surface area contributed by atoms with Crippen LogP contribution in [0, 0.1) is 17.5 Å². The molecule has 1 atom stereocenters. The van der Waals surface area contributed by atoms with E-state index in [1.807, 2.05) is 5.32 Å². The number of aromatic nitrogens is 2. The molecule has 1 unspecified atom stereocenters. The number of nitrogens with zero attached hydrogens (tertiary/aromatic N) is 3. The second-order valence-corrected chi connectivity index (χ2v) is 7.41. The Morgan fingerprint density at radius 1 is 1.06 bits per heavy atom. The fourth-order valence-corrected chi connectivity index (χ4v) is 3.64. The lowest BCUT2D eigenvalue weighted by Gasteiger charge is -2.30. The number of alkyl halides is 3. The first-order valence-electron chi connectivity index (χ1n) is 9.58. The number of benzene rings is 1. The molecule has 2 amide bonds. The Morgan fingerprint density at radius 2 is 1.71 bits per heavy atom. The number of aromatic carboxylic acids is 1. The molecule has 2 aromatic rings. The van der Waals surface area contributed by atoms with E-state index in [0.29, 0.717) is 10.6 Å². The second-order valence-electron chi connectivity index (χ2n) is 7.41. The third kappa shape index (κ3) is 5.23. The molecule has 1 aromatic heterocycles. The Labute approximate surface area is 186 Å². The maximum atomic E-state index is 14.0. The Balaban J connectivity index is 1.81. The molecule has 0 fully saturated rings. The quantitative estimate of drug-likeness (QED) is 0.419. The average molecular weight is 494 g/mol. The van der Waals surface area contributed by atoms with Gasteiger partial charge in [-0.3, -0.25) is 4.79 Å². The summed E-state index contributed by atoms with van der Waals surface area (Å²) in [5.74, 6) is -7.96. The summed E-state index contributed by atoms with van der Waals surface area (Å²) in [6, 6.07) is -0.522. The number of fused-ring (bicyclic) bond motifs is 1. The van der Waals surface area contributed by atoms with Crippen LogP contribution in [0.4, 0.5) is 31.1 Å². The molecule has 9 nitrogen and oxygen atoms in total. The molecule has 0 spiro atoms. The Morgan fingerprint density at radius 3 is 2.29 bits per heavy atom. The highest BCUT2D eigenvalue weighted by atomic mass is 19.4. The number of carboxylic acids is 1. The first-order valence-corrected chi connectivity index (χ1v) is 9.58. The minimum absolute atomic E-state index is 0.266. The van der Waals surface area contributed by atoms with Crippen molar-refractivity contribution in [1.82, 2.24) is 19.8 Å². The normalized spacial score (nSPS) is 14.5. The molecule has 3 rings (SSSR count). The van der Waals surface area contributed by atoms with Crippen LogP contribution in [-0.4, -0.2) is 55.2 Å². The van der Waals surface area contributed by atoms with Gasteiger partial charge in [-0.15, -0.1) is 0 Å². The highest BCUT2D eigenvalue weighted by Gasteiger charge is 2.41. The van der Waals surface area contributed by atoms with Gasteiger partial charge in [-0.2, -0.15) is 13.2 Å². The summed E-state index contributed by atoms with van der Waals surface area (Å²) in [5.41, 5.74) is -1.66. The molecule has 184 valence electrons. The third-order valence-electron chi connectivity index (χ3n) is 5.12. The first kappa shape index (κ1) is 24.9. The predicted molar refractivity (Wildman–Crippen MR) is 99.2 cm³/mol. The maximum absolute atomic E-state index is 14.0. The average Bonchev–Trinajstić information content (AvgIpc) is 3.11. The van der Waals surface area contributed by atoms with Crippen LogP contribution in [0.15, 0.2) is 12.1 Å². The van der Waals surface area contributed by atoms with Gasteiger partial charge in [0.15, 0.2) is 17.3 Å². The van der Waals surface area contributed by atoms with E-state index in [1.165, 1.54) is 0 Å². The van der Waals surface area contributed by atoms with Gasteiger partial charge in [-0.05, 0) is 18.1 Å². The monoisotopic (exact) mass is 494 g/mol. The third-order valence-corrected chi connectivity index (χ3v) is 5.12. The predicted octanol–water partition coefficient (Wildman–Crippen LogP) is 2.63. The van der Waals surface area contributed by atoms with Gasteiger partial charge < -0.3 is 25.0 Å². The van der Waals surface area contributed by atoms with Crippen molar-refractivity contribution in [3.63, 3.8) is 0 Å². The number of carboxylic acid groups (broad SMARTS) is 2. The molecule has 34 heavy (non-hydrogen) atoms. The van der Waals surface area contributed by atoms with Crippen LogP contribution >= 0.6 is 0 Å². The first-order chi connectivity index (χ1) is 15.8. The SMILES string of the molecule is O=C(O)NC(CC(=O)N1CCn2c(C(F)(F)F)nc(C(=O)O)c2C1)Cc1cc(F)c(F)cc1F. The van der Waals surface area contributed by atoms with Crippen molar-refractivity contribution >= 4 is 18.0 Å². The molecule has 0 radical (unpaired) electrons. The molecule has 1 aliphatic heterocycles. The van der Waals surface area contributed by atoms with Gasteiger partial charge >= 0.3 is 18.2 Å². The van der Waals surface area contributed by atoms with Crippen LogP contribution in [0.25, 0.3) is 0 Å². The fourth-order valence-electron chi connectivity index (χ4n) is 3.64. The molecule has 3 N–H and O–H groups in total. The summed E-state index contributed by atoms with van der Waals surface area (Å²) in [6.07, 6.45) is -7.68. The van der Waals surface area contributed by atoms with Crippen molar-refractivity contribution in [2.24, 2.45) is 0 Å². The summed E-state index contributed by atoms with van der Waals surface area (Å²) >= 11 is 0. The lowest BCUT2D eigenvalue weighted by Crippen LogP contribution is -2.44. The number of nitrogens with one attached hydrogen (secondary N) is 1. The van der Waals surface area contributed by atoms with Crippen LogP contribution in [0.1, 0.15) is 34.0 Å². The van der Waals surface area contributed by atoms with Gasteiger partial charge in [0.2, 0.25) is 11.7 Å². The Hall–Kier alpha value is -3.78. The molecule has 0 bridgehead atoms. The number of imidazole rings is 1. The molecule has 0 saturated heterocycles. The summed E-state index contributed by atoms with van der Waals surface area (Å²) in [6.45, 7) is -1.25. The van der Waals surface area contributed by atoms with E-state index in [0.717, 1.165) is 4.90 Å². The van der Waals surface area contributed by atoms with Crippen molar-refractivity contribution in [2.75, 3.05) is 6.54 Å². The number of hydrogen-bond donors (Lipinski definition) is 3. The highest BCUT2D eigenvalue weighted by molar-refractivity contribution is 5.87. The van der Waals surface area contributed by atoms with E-state index >= 15 is 0 Å². The lowest BCUT2D eigenvalue weighted by atomic mass is 10.0. The van der Waals surface area contributed by atoms with Crippen LogP contribution < -0.4 is 5.32 Å². The van der Waals surface area contributed by atoms with Crippen LogP contribution in [0.2, 0.25) is 0 Å². The largest absolute Gasteiger partial charge is 0.476 e. The van der Waals surface area contributed by atoms with Crippen molar-refractivity contribution in [1.29, 1.82) is 0 Å². The lowest BCUT2D eigenvalue weighted by molar-refractivity contribution is -0.148. The minimum Gasteiger partial charge on any atom is -0.476 e. The zero-order valence-corrected chi connectivity index (χ0v) is 17.0. The zero-order chi connectivity index (χ0) is 25.4. The second kappa shape index (κ2) is 9.23. The van der Waals surface area contributed by atoms with Crippen LogP contribution in [-0.2, 0) is 30.5 Å². The van der Waals surface area contributed by atoms with Crippen molar-refractivity contribution < 1.29 is 50.9 Å². The van der Waals surface area contributed by atoms with E-state index in [1.54, 1.807) is 0 Å². The smallest absolute Gasteiger partial charge is 0.449 e. The van der Waals surface area contributed by atoms with Gasteiger partial charge in [0.1, 0.15) is 5.82 Å². The molecule has 15 heteroatoms.